The van der Waals surface area contributed by atoms with Crippen molar-refractivity contribution in [2.45, 2.75) is 0 Å². The Morgan fingerprint density at radius 1 is 0.348 bits per heavy atom. The van der Waals surface area contributed by atoms with E-state index >= 15 is 0 Å². The molecule has 0 atom stereocenters. The Balaban J connectivity index is 1.28. The van der Waals surface area contributed by atoms with Gasteiger partial charge in [-0.1, -0.05) is 109 Å². The fourth-order valence-corrected chi connectivity index (χ4v) is 7.18. The number of para-hydroxylation sites is 3. The zero-order valence-electron chi connectivity index (χ0n) is 24.7. The fraction of sp³-hybridized carbons (Fsp3) is 0. The molecule has 214 valence electrons. The Hall–Kier alpha value is -6.19. The van der Waals surface area contributed by atoms with Crippen molar-refractivity contribution in [2.24, 2.45) is 0 Å². The summed E-state index contributed by atoms with van der Waals surface area (Å²) in [4.78, 5) is 5.33. The highest BCUT2D eigenvalue weighted by atomic mass is 16.3. The number of hydrogen-bond acceptors (Lipinski definition) is 3. The van der Waals surface area contributed by atoms with Gasteiger partial charge >= 0.3 is 0 Å². The summed E-state index contributed by atoms with van der Waals surface area (Å²) in [6, 6.07) is 53.1. The number of furan rings is 2. The van der Waals surface area contributed by atoms with E-state index in [0.717, 1.165) is 88.1 Å². The molecule has 0 spiro atoms. The van der Waals surface area contributed by atoms with E-state index < -0.39 is 0 Å². The van der Waals surface area contributed by atoms with Gasteiger partial charge in [0, 0.05) is 48.8 Å². The zero-order valence-corrected chi connectivity index (χ0v) is 24.7. The maximum absolute atomic E-state index is 6.55. The lowest BCUT2D eigenvalue weighted by molar-refractivity contribution is 0.669. The SMILES string of the molecule is c1ccc(-c2c3c(cc4c(-c5cccc(-c6ccc7oc8ccccc8c7c6)c5)nc5ccccc5c24)oc2ccccc23)cc1. The number of aromatic nitrogens is 1. The van der Waals surface area contributed by atoms with Crippen molar-refractivity contribution >= 4 is 65.6 Å². The van der Waals surface area contributed by atoms with Gasteiger partial charge in [0.1, 0.15) is 22.3 Å². The van der Waals surface area contributed by atoms with Gasteiger partial charge in [-0.2, -0.15) is 0 Å². The van der Waals surface area contributed by atoms with E-state index in [4.69, 9.17) is 13.8 Å². The molecule has 0 fully saturated rings. The minimum Gasteiger partial charge on any atom is -0.456 e. The van der Waals surface area contributed by atoms with Gasteiger partial charge in [0.15, 0.2) is 0 Å². The quantitative estimate of drug-likeness (QED) is 0.193. The summed E-state index contributed by atoms with van der Waals surface area (Å²) in [7, 11) is 0. The van der Waals surface area contributed by atoms with Crippen molar-refractivity contribution in [1.82, 2.24) is 4.98 Å². The highest BCUT2D eigenvalue weighted by Gasteiger charge is 2.21. The van der Waals surface area contributed by atoms with E-state index in [9.17, 15) is 0 Å². The summed E-state index contributed by atoms with van der Waals surface area (Å²) in [5, 5.41) is 7.87. The smallest absolute Gasteiger partial charge is 0.136 e. The summed E-state index contributed by atoms with van der Waals surface area (Å²) in [6.07, 6.45) is 0. The van der Waals surface area contributed by atoms with E-state index in [1.807, 2.05) is 18.2 Å². The third-order valence-corrected chi connectivity index (χ3v) is 9.24. The number of hydrogen-bond donors (Lipinski definition) is 0. The normalized spacial score (nSPS) is 11.9. The van der Waals surface area contributed by atoms with Crippen LogP contribution in [0.15, 0.2) is 160 Å². The molecular weight excluding hydrogens is 562 g/mol. The predicted molar refractivity (Wildman–Crippen MR) is 190 cm³/mol. The van der Waals surface area contributed by atoms with Crippen molar-refractivity contribution < 1.29 is 8.83 Å². The van der Waals surface area contributed by atoms with Gasteiger partial charge in [-0.05, 0) is 59.2 Å². The van der Waals surface area contributed by atoms with Crippen molar-refractivity contribution in [1.29, 1.82) is 0 Å². The van der Waals surface area contributed by atoms with E-state index in [0.29, 0.717) is 0 Å². The maximum atomic E-state index is 6.55. The fourth-order valence-electron chi connectivity index (χ4n) is 7.18. The Morgan fingerprint density at radius 3 is 1.85 bits per heavy atom. The summed E-state index contributed by atoms with van der Waals surface area (Å²) >= 11 is 0. The topological polar surface area (TPSA) is 39.2 Å². The van der Waals surface area contributed by atoms with Gasteiger partial charge in [-0.25, -0.2) is 4.98 Å². The molecule has 3 nitrogen and oxygen atoms in total. The first-order chi connectivity index (χ1) is 22.8. The van der Waals surface area contributed by atoms with Crippen LogP contribution in [-0.2, 0) is 0 Å². The average molecular weight is 588 g/mol. The van der Waals surface area contributed by atoms with Crippen molar-refractivity contribution in [2.75, 3.05) is 0 Å². The van der Waals surface area contributed by atoms with Crippen LogP contribution >= 0.6 is 0 Å². The van der Waals surface area contributed by atoms with Gasteiger partial charge in [-0.15, -0.1) is 0 Å². The molecule has 3 heterocycles. The molecule has 0 amide bonds. The van der Waals surface area contributed by atoms with Gasteiger partial charge in [0.25, 0.3) is 0 Å². The van der Waals surface area contributed by atoms with Crippen molar-refractivity contribution in [3.63, 3.8) is 0 Å². The van der Waals surface area contributed by atoms with Crippen LogP contribution in [0.2, 0.25) is 0 Å². The molecule has 0 unspecified atom stereocenters. The van der Waals surface area contributed by atoms with Gasteiger partial charge in [-0.3, -0.25) is 0 Å². The third kappa shape index (κ3) is 3.69. The van der Waals surface area contributed by atoms with Crippen LogP contribution in [0.25, 0.3) is 99.1 Å². The first-order valence-electron chi connectivity index (χ1n) is 15.5. The Kier molecular flexibility index (Phi) is 5.28. The maximum Gasteiger partial charge on any atom is 0.136 e. The molecule has 0 aliphatic heterocycles. The lowest BCUT2D eigenvalue weighted by atomic mass is 9.89. The van der Waals surface area contributed by atoms with Gasteiger partial charge in [0.05, 0.1) is 11.2 Å². The number of fused-ring (bicyclic) bond motifs is 9. The van der Waals surface area contributed by atoms with Crippen LogP contribution in [0, 0.1) is 0 Å². The molecule has 0 saturated carbocycles. The highest BCUT2D eigenvalue weighted by Crippen LogP contribution is 2.46. The molecule has 46 heavy (non-hydrogen) atoms. The average Bonchev–Trinajstić information content (AvgIpc) is 3.68. The lowest BCUT2D eigenvalue weighted by Gasteiger charge is -2.16. The van der Waals surface area contributed by atoms with Crippen LogP contribution in [-0.4, -0.2) is 4.98 Å². The standard InChI is InChI=1S/C43H25NO2/c1-2-11-26(12-3-1)40-41-31-16-4-7-18-35(31)44-43(34(41)25-39-42(40)32-17-6-9-20-37(32)46-39)29-14-10-13-27(23-29)28-21-22-38-33(24-28)30-15-5-8-19-36(30)45-38/h1-25H. The van der Waals surface area contributed by atoms with Gasteiger partial charge in [0.2, 0.25) is 0 Å². The lowest BCUT2D eigenvalue weighted by Crippen LogP contribution is -1.93. The second-order valence-corrected chi connectivity index (χ2v) is 11.9. The summed E-state index contributed by atoms with van der Waals surface area (Å²) in [6.45, 7) is 0. The number of nitrogens with zero attached hydrogens (tertiary/aromatic N) is 1. The molecule has 0 radical (unpaired) electrons. The molecule has 0 bridgehead atoms. The molecule has 3 heteroatoms. The Bertz CT molecular complexity index is 2800. The van der Waals surface area contributed by atoms with Crippen LogP contribution in [0.1, 0.15) is 0 Å². The number of rotatable bonds is 3. The third-order valence-electron chi connectivity index (χ3n) is 9.24. The zero-order chi connectivity index (χ0) is 30.2. The molecule has 7 aromatic carbocycles. The van der Waals surface area contributed by atoms with Crippen LogP contribution in [0.5, 0.6) is 0 Å². The van der Waals surface area contributed by atoms with Crippen molar-refractivity contribution in [3.8, 4) is 33.5 Å². The first-order valence-corrected chi connectivity index (χ1v) is 15.5. The molecule has 10 aromatic rings. The first kappa shape index (κ1) is 25.2. The summed E-state index contributed by atoms with van der Waals surface area (Å²) in [5.74, 6) is 0. The summed E-state index contributed by atoms with van der Waals surface area (Å²) in [5.41, 5.74) is 11.1. The molecule has 0 aliphatic carbocycles. The van der Waals surface area contributed by atoms with Crippen LogP contribution in [0.3, 0.4) is 0 Å². The van der Waals surface area contributed by atoms with E-state index in [1.54, 1.807) is 0 Å². The van der Waals surface area contributed by atoms with E-state index in [-0.39, 0.29) is 0 Å². The Labute approximate surface area is 264 Å². The van der Waals surface area contributed by atoms with E-state index in [2.05, 4.69) is 133 Å². The number of benzene rings is 7. The minimum absolute atomic E-state index is 0.860. The molecule has 10 rings (SSSR count). The largest absolute Gasteiger partial charge is 0.456 e. The monoisotopic (exact) mass is 587 g/mol. The predicted octanol–water partition coefficient (Wildman–Crippen LogP) is 12.2. The molecule has 3 aromatic heterocycles. The van der Waals surface area contributed by atoms with Crippen LogP contribution in [0.4, 0.5) is 0 Å². The van der Waals surface area contributed by atoms with Gasteiger partial charge < -0.3 is 8.83 Å². The summed E-state index contributed by atoms with van der Waals surface area (Å²) < 4.78 is 12.7. The van der Waals surface area contributed by atoms with Crippen molar-refractivity contribution in [3.05, 3.63) is 152 Å². The second-order valence-electron chi connectivity index (χ2n) is 11.9. The van der Waals surface area contributed by atoms with Crippen LogP contribution < -0.4 is 0 Å². The minimum atomic E-state index is 0.860. The Morgan fingerprint density at radius 2 is 0.978 bits per heavy atom. The second kappa shape index (κ2) is 9.65. The number of pyridine rings is 1. The molecular formula is C43H25NO2. The highest BCUT2D eigenvalue weighted by molar-refractivity contribution is 6.27. The molecule has 0 aliphatic rings. The van der Waals surface area contributed by atoms with E-state index in [1.165, 1.54) is 10.9 Å². The molecule has 0 saturated heterocycles. The molecule has 0 N–H and O–H groups in total.